The van der Waals surface area contributed by atoms with Crippen LogP contribution in [-0.4, -0.2) is 6.71 Å². The van der Waals surface area contributed by atoms with E-state index in [1.807, 2.05) is 0 Å². The van der Waals surface area contributed by atoms with Crippen molar-refractivity contribution in [1.82, 2.24) is 0 Å². The zero-order valence-electron chi connectivity index (χ0n) is 14.7. The SMILES string of the molecule is Cc1ccccc1-c1cc2c3c(c1)-c1ccccc1B3c1ccccc1-2. The highest BCUT2D eigenvalue weighted by atomic mass is 14.3. The zero-order valence-corrected chi connectivity index (χ0v) is 14.7. The summed E-state index contributed by atoms with van der Waals surface area (Å²) in [6.07, 6.45) is 0. The second-order valence-electron chi connectivity index (χ2n) is 7.41. The van der Waals surface area contributed by atoms with Crippen molar-refractivity contribution in [1.29, 1.82) is 0 Å². The first-order chi connectivity index (χ1) is 12.8. The molecule has 2 heterocycles. The van der Waals surface area contributed by atoms with Gasteiger partial charge in [-0.1, -0.05) is 89.2 Å². The Morgan fingerprint density at radius 3 is 1.62 bits per heavy atom. The monoisotopic (exact) mass is 328 g/mol. The Labute approximate surface area is 154 Å². The second-order valence-corrected chi connectivity index (χ2v) is 7.41. The molecule has 0 amide bonds. The van der Waals surface area contributed by atoms with Crippen LogP contribution in [0.25, 0.3) is 33.4 Å². The molecule has 120 valence electrons. The maximum atomic E-state index is 2.41. The van der Waals surface area contributed by atoms with Crippen LogP contribution in [0.2, 0.25) is 0 Å². The van der Waals surface area contributed by atoms with Gasteiger partial charge in [-0.2, -0.15) is 0 Å². The molecule has 0 saturated carbocycles. The Hall–Kier alpha value is -3.06. The highest BCUT2D eigenvalue weighted by Crippen LogP contribution is 2.37. The van der Waals surface area contributed by atoms with E-state index in [1.54, 1.807) is 0 Å². The lowest BCUT2D eigenvalue weighted by molar-refractivity contribution is 1.46. The topological polar surface area (TPSA) is 0 Å². The largest absolute Gasteiger partial charge is 0.244 e. The highest BCUT2D eigenvalue weighted by Gasteiger charge is 2.41. The quantitative estimate of drug-likeness (QED) is 0.398. The van der Waals surface area contributed by atoms with Gasteiger partial charge in [0.25, 0.3) is 0 Å². The minimum Gasteiger partial charge on any atom is -0.0664 e. The molecule has 0 nitrogen and oxygen atoms in total. The molecular weight excluding hydrogens is 311 g/mol. The summed E-state index contributed by atoms with van der Waals surface area (Å²) in [7, 11) is 0. The predicted molar refractivity (Wildman–Crippen MR) is 112 cm³/mol. The highest BCUT2D eigenvalue weighted by molar-refractivity contribution is 7.02. The molecule has 26 heavy (non-hydrogen) atoms. The van der Waals surface area contributed by atoms with Crippen molar-refractivity contribution < 1.29 is 0 Å². The molecule has 0 N–H and O–H groups in total. The summed E-state index contributed by atoms with van der Waals surface area (Å²) < 4.78 is 0. The molecule has 0 radical (unpaired) electrons. The molecule has 4 aromatic carbocycles. The third-order valence-corrected chi connectivity index (χ3v) is 6.05. The van der Waals surface area contributed by atoms with Gasteiger partial charge in [0.15, 0.2) is 0 Å². The first-order valence-electron chi connectivity index (χ1n) is 9.25. The number of hydrogen-bond donors (Lipinski definition) is 0. The third kappa shape index (κ3) is 1.70. The van der Waals surface area contributed by atoms with Crippen molar-refractivity contribution in [3.05, 3.63) is 90.5 Å². The van der Waals surface area contributed by atoms with Crippen molar-refractivity contribution in [3.63, 3.8) is 0 Å². The van der Waals surface area contributed by atoms with Gasteiger partial charge in [0.05, 0.1) is 0 Å². The van der Waals surface area contributed by atoms with Crippen LogP contribution in [0, 0.1) is 6.92 Å². The summed E-state index contributed by atoms with van der Waals surface area (Å²) in [6, 6.07) is 31.4. The summed E-state index contributed by atoms with van der Waals surface area (Å²) in [5.74, 6) is 0. The molecule has 0 atom stereocenters. The molecule has 2 aliphatic heterocycles. The van der Waals surface area contributed by atoms with Crippen LogP contribution in [0.4, 0.5) is 0 Å². The fraction of sp³-hybridized carbons (Fsp3) is 0.0400. The number of rotatable bonds is 1. The van der Waals surface area contributed by atoms with Gasteiger partial charge in [-0.3, -0.25) is 0 Å². The van der Waals surface area contributed by atoms with Crippen LogP contribution in [0.1, 0.15) is 5.56 Å². The lowest BCUT2D eigenvalue weighted by Crippen LogP contribution is -2.45. The Morgan fingerprint density at radius 2 is 1.04 bits per heavy atom. The van der Waals surface area contributed by atoms with Crippen molar-refractivity contribution >= 4 is 23.1 Å². The van der Waals surface area contributed by atoms with Crippen molar-refractivity contribution in [3.8, 4) is 33.4 Å². The van der Waals surface area contributed by atoms with E-state index in [-0.39, 0.29) is 0 Å². The minimum absolute atomic E-state index is 0.401. The van der Waals surface area contributed by atoms with Crippen molar-refractivity contribution in [2.45, 2.75) is 6.92 Å². The summed E-state index contributed by atoms with van der Waals surface area (Å²) >= 11 is 0. The van der Waals surface area contributed by atoms with Crippen LogP contribution in [-0.2, 0) is 0 Å². The Balaban J connectivity index is 1.74. The van der Waals surface area contributed by atoms with E-state index in [1.165, 1.54) is 55.3 Å². The average molecular weight is 328 g/mol. The molecular formula is C25H17B. The maximum absolute atomic E-state index is 2.41. The van der Waals surface area contributed by atoms with Crippen LogP contribution >= 0.6 is 0 Å². The Morgan fingerprint density at radius 1 is 0.538 bits per heavy atom. The molecule has 0 saturated heterocycles. The van der Waals surface area contributed by atoms with Gasteiger partial charge >= 0.3 is 0 Å². The number of aryl methyl sites for hydroxylation is 1. The molecule has 0 aromatic heterocycles. The van der Waals surface area contributed by atoms with Crippen LogP contribution in [0.15, 0.2) is 84.9 Å². The molecule has 0 unspecified atom stereocenters. The molecule has 4 aromatic rings. The Bertz CT molecular complexity index is 1130. The van der Waals surface area contributed by atoms with Gasteiger partial charge in [0.2, 0.25) is 6.71 Å². The van der Waals surface area contributed by atoms with E-state index in [0.29, 0.717) is 6.71 Å². The standard InChI is InChI=1S/C25H17B/c1-16-8-2-3-9-18(16)17-14-21-19-10-4-6-12-23(19)26-24-13-7-5-11-20(24)22(15-17)25(21)26/h2-15H,1H3. The zero-order chi connectivity index (χ0) is 17.3. The smallest absolute Gasteiger partial charge is 0.0664 e. The van der Waals surface area contributed by atoms with Crippen molar-refractivity contribution in [2.75, 3.05) is 0 Å². The van der Waals surface area contributed by atoms with E-state index in [4.69, 9.17) is 0 Å². The van der Waals surface area contributed by atoms with Crippen molar-refractivity contribution in [2.24, 2.45) is 0 Å². The minimum atomic E-state index is 0.401. The maximum Gasteiger partial charge on any atom is 0.244 e. The fourth-order valence-electron chi connectivity index (χ4n) is 4.93. The lowest BCUT2D eigenvalue weighted by Gasteiger charge is -2.13. The number of benzene rings is 4. The number of hydrogen-bond acceptors (Lipinski definition) is 0. The van der Waals surface area contributed by atoms with Crippen LogP contribution < -0.4 is 16.4 Å². The molecule has 6 rings (SSSR count). The van der Waals surface area contributed by atoms with E-state index in [0.717, 1.165) is 0 Å². The van der Waals surface area contributed by atoms with E-state index in [9.17, 15) is 0 Å². The van der Waals surface area contributed by atoms with Gasteiger partial charge in [-0.15, -0.1) is 0 Å². The van der Waals surface area contributed by atoms with E-state index >= 15 is 0 Å². The average Bonchev–Trinajstić information content (AvgIpc) is 3.19. The summed E-state index contributed by atoms with van der Waals surface area (Å²) in [6.45, 7) is 2.60. The molecule has 0 spiro atoms. The third-order valence-electron chi connectivity index (χ3n) is 6.05. The Kier molecular flexibility index (Phi) is 2.71. The van der Waals surface area contributed by atoms with Gasteiger partial charge < -0.3 is 0 Å². The summed E-state index contributed by atoms with van der Waals surface area (Å²) in [5, 5.41) is 0. The second kappa shape index (κ2) is 4.99. The molecule has 0 fully saturated rings. The molecule has 1 heteroatoms. The summed E-state index contributed by atoms with van der Waals surface area (Å²) in [4.78, 5) is 0. The summed E-state index contributed by atoms with van der Waals surface area (Å²) in [5.41, 5.74) is 14.0. The first kappa shape index (κ1) is 14.1. The predicted octanol–water partition coefficient (Wildman–Crippen LogP) is 4.14. The van der Waals surface area contributed by atoms with Gasteiger partial charge in [0, 0.05) is 0 Å². The normalized spacial score (nSPS) is 12.7. The lowest BCUT2D eigenvalue weighted by atomic mass is 9.41. The first-order valence-corrected chi connectivity index (χ1v) is 9.25. The van der Waals surface area contributed by atoms with Gasteiger partial charge in [-0.05, 0) is 58.0 Å². The van der Waals surface area contributed by atoms with Crippen LogP contribution in [0.5, 0.6) is 0 Å². The van der Waals surface area contributed by atoms with E-state index < -0.39 is 0 Å². The number of fused-ring (bicyclic) bond motifs is 6. The van der Waals surface area contributed by atoms with E-state index in [2.05, 4.69) is 91.9 Å². The molecule has 0 bridgehead atoms. The fourth-order valence-corrected chi connectivity index (χ4v) is 4.93. The molecule has 2 aliphatic rings. The van der Waals surface area contributed by atoms with Gasteiger partial charge in [0.1, 0.15) is 0 Å². The van der Waals surface area contributed by atoms with Crippen LogP contribution in [0.3, 0.4) is 0 Å². The molecule has 0 aliphatic carbocycles. The van der Waals surface area contributed by atoms with Gasteiger partial charge in [-0.25, -0.2) is 0 Å².